The standard InChI is InChI=1S/C15H15ClO/c1-2-11-3-5-12(6-4-11)15(17)13-7-9-14(16)10-8-13/h3-10,15,17H,2H2,1H3. The molecule has 1 N–H and O–H groups in total. The second-order valence-electron chi connectivity index (χ2n) is 4.05. The fourth-order valence-electron chi connectivity index (χ4n) is 1.77. The van der Waals surface area contributed by atoms with Gasteiger partial charge in [-0.05, 0) is 35.2 Å². The zero-order valence-corrected chi connectivity index (χ0v) is 10.5. The first-order valence-electron chi connectivity index (χ1n) is 5.73. The molecule has 0 saturated heterocycles. The van der Waals surface area contributed by atoms with Crippen molar-refractivity contribution < 1.29 is 5.11 Å². The minimum atomic E-state index is -0.585. The van der Waals surface area contributed by atoms with Gasteiger partial charge in [0.25, 0.3) is 0 Å². The minimum Gasteiger partial charge on any atom is -0.384 e. The van der Waals surface area contributed by atoms with E-state index in [0.29, 0.717) is 5.02 Å². The quantitative estimate of drug-likeness (QED) is 0.869. The Morgan fingerprint density at radius 2 is 1.41 bits per heavy atom. The maximum atomic E-state index is 10.2. The highest BCUT2D eigenvalue weighted by Crippen LogP contribution is 2.23. The Labute approximate surface area is 107 Å². The summed E-state index contributed by atoms with van der Waals surface area (Å²) in [5, 5.41) is 10.9. The number of aliphatic hydroxyl groups is 1. The van der Waals surface area contributed by atoms with E-state index in [0.717, 1.165) is 17.5 Å². The number of aliphatic hydroxyl groups excluding tert-OH is 1. The lowest BCUT2D eigenvalue weighted by atomic mass is 10.00. The molecule has 0 radical (unpaired) electrons. The molecule has 17 heavy (non-hydrogen) atoms. The minimum absolute atomic E-state index is 0.585. The van der Waals surface area contributed by atoms with Gasteiger partial charge in [-0.25, -0.2) is 0 Å². The van der Waals surface area contributed by atoms with Gasteiger partial charge in [0.15, 0.2) is 0 Å². The fourth-order valence-corrected chi connectivity index (χ4v) is 1.90. The van der Waals surface area contributed by atoms with Crippen LogP contribution in [0, 0.1) is 0 Å². The summed E-state index contributed by atoms with van der Waals surface area (Å²) in [6, 6.07) is 15.3. The van der Waals surface area contributed by atoms with Crippen molar-refractivity contribution >= 4 is 11.6 Å². The lowest BCUT2D eigenvalue weighted by Gasteiger charge is -2.12. The lowest BCUT2D eigenvalue weighted by molar-refractivity contribution is 0.220. The molecule has 0 heterocycles. The second kappa shape index (κ2) is 5.35. The van der Waals surface area contributed by atoms with Crippen LogP contribution in [-0.4, -0.2) is 5.11 Å². The van der Waals surface area contributed by atoms with Gasteiger partial charge in [-0.15, -0.1) is 0 Å². The third-order valence-corrected chi connectivity index (χ3v) is 3.14. The molecule has 2 rings (SSSR count). The summed E-state index contributed by atoms with van der Waals surface area (Å²) in [6.45, 7) is 2.12. The van der Waals surface area contributed by atoms with Crippen LogP contribution in [0.25, 0.3) is 0 Å². The summed E-state index contributed by atoms with van der Waals surface area (Å²) in [4.78, 5) is 0. The van der Waals surface area contributed by atoms with Crippen molar-refractivity contribution in [3.63, 3.8) is 0 Å². The van der Waals surface area contributed by atoms with Crippen molar-refractivity contribution in [2.45, 2.75) is 19.4 Å². The van der Waals surface area contributed by atoms with Gasteiger partial charge in [-0.2, -0.15) is 0 Å². The lowest BCUT2D eigenvalue weighted by Crippen LogP contribution is -1.99. The number of aryl methyl sites for hydroxylation is 1. The summed E-state index contributed by atoms with van der Waals surface area (Å²) in [6.07, 6.45) is 0.426. The van der Waals surface area contributed by atoms with Gasteiger partial charge >= 0.3 is 0 Å². The van der Waals surface area contributed by atoms with E-state index in [9.17, 15) is 5.11 Å². The van der Waals surface area contributed by atoms with Crippen LogP contribution in [0.3, 0.4) is 0 Å². The van der Waals surface area contributed by atoms with E-state index in [4.69, 9.17) is 11.6 Å². The first kappa shape index (κ1) is 12.2. The van der Waals surface area contributed by atoms with Crippen molar-refractivity contribution in [3.8, 4) is 0 Å². The molecule has 0 bridgehead atoms. The number of benzene rings is 2. The topological polar surface area (TPSA) is 20.2 Å². The van der Waals surface area contributed by atoms with Crippen molar-refractivity contribution in [2.24, 2.45) is 0 Å². The normalized spacial score (nSPS) is 12.4. The van der Waals surface area contributed by atoms with Crippen molar-refractivity contribution in [2.75, 3.05) is 0 Å². The van der Waals surface area contributed by atoms with Gasteiger partial charge < -0.3 is 5.11 Å². The molecule has 1 nitrogen and oxygen atoms in total. The van der Waals surface area contributed by atoms with Crippen molar-refractivity contribution in [1.29, 1.82) is 0 Å². The van der Waals surface area contributed by atoms with Crippen molar-refractivity contribution in [3.05, 3.63) is 70.2 Å². The molecule has 1 atom stereocenters. The molecule has 88 valence electrons. The maximum absolute atomic E-state index is 10.2. The highest BCUT2D eigenvalue weighted by Gasteiger charge is 2.09. The molecular formula is C15H15ClO. The van der Waals surface area contributed by atoms with Crippen LogP contribution in [0.15, 0.2) is 48.5 Å². The summed E-state index contributed by atoms with van der Waals surface area (Å²) in [5.41, 5.74) is 3.04. The number of hydrogen-bond donors (Lipinski definition) is 1. The van der Waals surface area contributed by atoms with Crippen LogP contribution in [0.2, 0.25) is 5.02 Å². The predicted molar refractivity (Wildman–Crippen MR) is 71.3 cm³/mol. The fraction of sp³-hybridized carbons (Fsp3) is 0.200. The molecule has 0 fully saturated rings. The van der Waals surface area contributed by atoms with Gasteiger partial charge in [0.1, 0.15) is 6.10 Å². The highest BCUT2D eigenvalue weighted by molar-refractivity contribution is 6.30. The Morgan fingerprint density at radius 3 is 1.88 bits per heavy atom. The molecule has 0 spiro atoms. The Morgan fingerprint density at radius 1 is 0.941 bits per heavy atom. The third kappa shape index (κ3) is 2.87. The average molecular weight is 247 g/mol. The Hall–Kier alpha value is -1.31. The van der Waals surface area contributed by atoms with Crippen LogP contribution < -0.4 is 0 Å². The molecule has 0 aliphatic rings. The first-order valence-corrected chi connectivity index (χ1v) is 6.11. The molecule has 1 unspecified atom stereocenters. The molecule has 0 saturated carbocycles. The summed E-state index contributed by atoms with van der Waals surface area (Å²) < 4.78 is 0. The van der Waals surface area contributed by atoms with E-state index in [1.165, 1.54) is 5.56 Å². The maximum Gasteiger partial charge on any atom is 0.104 e. The molecule has 0 aromatic heterocycles. The Kier molecular flexibility index (Phi) is 3.82. The largest absolute Gasteiger partial charge is 0.384 e. The van der Waals surface area contributed by atoms with E-state index in [-0.39, 0.29) is 0 Å². The van der Waals surface area contributed by atoms with E-state index >= 15 is 0 Å². The summed E-state index contributed by atoms with van der Waals surface area (Å²) >= 11 is 5.82. The monoisotopic (exact) mass is 246 g/mol. The van der Waals surface area contributed by atoms with Gasteiger partial charge in [0, 0.05) is 5.02 Å². The van der Waals surface area contributed by atoms with Crippen molar-refractivity contribution in [1.82, 2.24) is 0 Å². The van der Waals surface area contributed by atoms with Crippen LogP contribution >= 0.6 is 11.6 Å². The van der Waals surface area contributed by atoms with Crippen LogP contribution in [-0.2, 0) is 6.42 Å². The van der Waals surface area contributed by atoms with Gasteiger partial charge in [0.2, 0.25) is 0 Å². The molecule has 0 aliphatic carbocycles. The summed E-state index contributed by atoms with van der Waals surface area (Å²) in [7, 11) is 0. The summed E-state index contributed by atoms with van der Waals surface area (Å²) in [5.74, 6) is 0. The molecule has 2 aromatic carbocycles. The van der Waals surface area contributed by atoms with Crippen LogP contribution in [0.4, 0.5) is 0 Å². The number of hydrogen-bond acceptors (Lipinski definition) is 1. The van der Waals surface area contributed by atoms with Gasteiger partial charge in [-0.3, -0.25) is 0 Å². The first-order chi connectivity index (χ1) is 8.20. The van der Waals surface area contributed by atoms with E-state index in [1.807, 2.05) is 24.3 Å². The van der Waals surface area contributed by atoms with E-state index < -0.39 is 6.10 Å². The van der Waals surface area contributed by atoms with E-state index in [2.05, 4.69) is 19.1 Å². The Bertz CT molecular complexity index is 473. The van der Waals surface area contributed by atoms with Gasteiger partial charge in [0.05, 0.1) is 0 Å². The highest BCUT2D eigenvalue weighted by atomic mass is 35.5. The SMILES string of the molecule is CCc1ccc(C(O)c2ccc(Cl)cc2)cc1. The van der Waals surface area contributed by atoms with Crippen LogP contribution in [0.5, 0.6) is 0 Å². The molecule has 2 aromatic rings. The molecular weight excluding hydrogens is 232 g/mol. The molecule has 0 amide bonds. The zero-order chi connectivity index (χ0) is 12.3. The van der Waals surface area contributed by atoms with Crippen LogP contribution in [0.1, 0.15) is 29.7 Å². The molecule has 0 aliphatic heterocycles. The average Bonchev–Trinajstić information content (AvgIpc) is 2.39. The van der Waals surface area contributed by atoms with Gasteiger partial charge in [-0.1, -0.05) is 54.9 Å². The van der Waals surface area contributed by atoms with E-state index in [1.54, 1.807) is 12.1 Å². The number of halogens is 1. The second-order valence-corrected chi connectivity index (χ2v) is 4.49. The smallest absolute Gasteiger partial charge is 0.104 e. The zero-order valence-electron chi connectivity index (χ0n) is 9.73. The Balaban J connectivity index is 2.23. The molecule has 2 heteroatoms. The third-order valence-electron chi connectivity index (χ3n) is 2.89. The predicted octanol–water partition coefficient (Wildman–Crippen LogP) is 3.98. The number of rotatable bonds is 3.